The second-order valence-corrected chi connectivity index (χ2v) is 12.3. The van der Waals surface area contributed by atoms with Crippen molar-refractivity contribution in [2.24, 2.45) is 0 Å². The van der Waals surface area contributed by atoms with Gasteiger partial charge in [-0.1, -0.05) is 83.7 Å². The fraction of sp³-hybridized carbons (Fsp3) is 0.435. The Kier molecular flexibility index (Phi) is 34.3. The number of likely N-dealkylation sites (N-methyl/N-ethyl adjacent to an activating group) is 1. The van der Waals surface area contributed by atoms with Gasteiger partial charge in [0.2, 0.25) is 5.91 Å². The van der Waals surface area contributed by atoms with Crippen LogP contribution in [0.15, 0.2) is 79.9 Å². The third-order valence-electron chi connectivity index (χ3n) is 8.65. The first-order valence-electron chi connectivity index (χ1n) is 19.3. The van der Waals surface area contributed by atoms with Crippen LogP contribution >= 0.6 is 0 Å². The van der Waals surface area contributed by atoms with Crippen molar-refractivity contribution in [3.05, 3.63) is 96.6 Å². The maximum absolute atomic E-state index is 13.1. The molecule has 3 aromatic carbocycles. The summed E-state index contributed by atoms with van der Waals surface area (Å²) in [6.45, 7) is 23.3. The van der Waals surface area contributed by atoms with Gasteiger partial charge in [0.05, 0.1) is 0 Å². The van der Waals surface area contributed by atoms with Gasteiger partial charge in [0.15, 0.2) is 6.61 Å². The molecule has 3 rings (SSSR count). The lowest BCUT2D eigenvalue weighted by molar-refractivity contribution is -0.130. The molecule has 0 spiro atoms. The number of nitrogens with zero attached hydrogens (tertiary/aromatic N) is 1. The molecule has 0 saturated carbocycles. The van der Waals surface area contributed by atoms with Crippen LogP contribution in [-0.2, 0) is 19.2 Å². The largest absolute Gasteiger partial charge is 0.508 e. The standard InChI is InChI=1S/C38H54N4O5.C2H6.C2H4.C2H2.2CH2O/c1-6-8-20-38(39-5,21-9-7-2)27-42(31-14-11-10-12-15-31)33-24-29(4)34(25-28(33)3)47-26-35(45)41-36(37(46)40-22-13-23-43)30-16-18-32(44)19-17-30;5*1-2/h10-12,14-19,24-25,36,39,43-44H,6-9,13,20-23,26-27H2,1-5H3,(H,40,46)(H,41,45);1-2H3;1-2H2;1-2H;2*1H2. The molecule has 57 heavy (non-hydrogen) atoms. The second-order valence-electron chi connectivity index (χ2n) is 12.3. The van der Waals surface area contributed by atoms with Crippen molar-refractivity contribution >= 4 is 36.8 Å². The summed E-state index contributed by atoms with van der Waals surface area (Å²) < 4.78 is 6.03. The van der Waals surface area contributed by atoms with Gasteiger partial charge in [-0.2, -0.15) is 0 Å². The summed E-state index contributed by atoms with van der Waals surface area (Å²) >= 11 is 0. The van der Waals surface area contributed by atoms with Crippen molar-refractivity contribution < 1.29 is 34.1 Å². The van der Waals surface area contributed by atoms with Gasteiger partial charge in [0.1, 0.15) is 31.1 Å². The predicted octanol–water partition coefficient (Wildman–Crippen LogP) is 7.93. The summed E-state index contributed by atoms with van der Waals surface area (Å²) in [6, 6.07) is 19.7. The monoisotopic (exact) mass is 791 g/mol. The van der Waals surface area contributed by atoms with Crippen LogP contribution < -0.4 is 25.6 Å². The van der Waals surface area contributed by atoms with Gasteiger partial charge in [-0.05, 0) is 93.2 Å². The summed E-state index contributed by atoms with van der Waals surface area (Å²) in [5.41, 5.74) is 4.60. The number of phenols is 1. The Labute approximate surface area is 343 Å². The Hall–Kier alpha value is -5.44. The highest BCUT2D eigenvalue weighted by Gasteiger charge is 2.31. The number of aliphatic hydroxyl groups is 1. The van der Waals surface area contributed by atoms with Crippen LogP contribution in [0.25, 0.3) is 0 Å². The van der Waals surface area contributed by atoms with Crippen molar-refractivity contribution in [1.82, 2.24) is 16.0 Å². The molecule has 1 atom stereocenters. The molecule has 0 bridgehead atoms. The van der Waals surface area contributed by atoms with Crippen molar-refractivity contribution in [2.45, 2.75) is 98.1 Å². The summed E-state index contributed by atoms with van der Waals surface area (Å²) in [6.07, 6.45) is 15.2. The number of benzene rings is 3. The van der Waals surface area contributed by atoms with E-state index in [9.17, 15) is 14.7 Å². The van der Waals surface area contributed by atoms with Crippen LogP contribution in [0.3, 0.4) is 0 Å². The molecule has 0 aliphatic rings. The lowest BCUT2D eigenvalue weighted by Gasteiger charge is -2.40. The van der Waals surface area contributed by atoms with E-state index in [0.717, 1.165) is 67.6 Å². The van der Waals surface area contributed by atoms with E-state index >= 15 is 0 Å². The minimum atomic E-state index is -0.983. The van der Waals surface area contributed by atoms with Gasteiger partial charge in [0, 0.05) is 36.6 Å². The maximum Gasteiger partial charge on any atom is 0.258 e. The van der Waals surface area contributed by atoms with Gasteiger partial charge in [-0.25, -0.2) is 0 Å². The van der Waals surface area contributed by atoms with E-state index in [1.165, 1.54) is 12.1 Å². The number of unbranched alkanes of at least 4 members (excludes halogenated alkanes) is 2. The quantitative estimate of drug-likeness (QED) is 0.0436. The number of aryl methyl sites for hydroxylation is 2. The van der Waals surface area contributed by atoms with Gasteiger partial charge in [-0.3, -0.25) is 9.59 Å². The molecule has 316 valence electrons. The number of para-hydroxylation sites is 1. The van der Waals surface area contributed by atoms with Crippen LogP contribution in [0, 0.1) is 26.7 Å². The molecule has 2 amide bonds. The Balaban J connectivity index is -0.00000270. The number of carbonyl (C=O) groups excluding carboxylic acids is 4. The number of aromatic hydroxyl groups is 1. The molecular weight excluding hydrogens is 721 g/mol. The highest BCUT2D eigenvalue weighted by atomic mass is 16.5. The topological polar surface area (TPSA) is 157 Å². The maximum atomic E-state index is 13.1. The van der Waals surface area contributed by atoms with E-state index in [1.807, 2.05) is 46.5 Å². The van der Waals surface area contributed by atoms with Crippen LogP contribution in [0.2, 0.25) is 0 Å². The fourth-order valence-electron chi connectivity index (χ4n) is 5.80. The summed E-state index contributed by atoms with van der Waals surface area (Å²) in [7, 11) is 2.08. The van der Waals surface area contributed by atoms with Crippen molar-refractivity contribution in [3.8, 4) is 24.3 Å². The zero-order valence-electron chi connectivity index (χ0n) is 35.6. The van der Waals surface area contributed by atoms with Gasteiger partial charge in [0.25, 0.3) is 5.91 Å². The number of hydrogen-bond donors (Lipinski definition) is 5. The number of anilines is 2. The number of terminal acetylenes is 1. The smallest absolute Gasteiger partial charge is 0.258 e. The highest BCUT2D eigenvalue weighted by molar-refractivity contribution is 5.89. The minimum Gasteiger partial charge on any atom is -0.508 e. The number of rotatable bonds is 20. The first-order valence-corrected chi connectivity index (χ1v) is 19.3. The molecule has 1 unspecified atom stereocenters. The van der Waals surface area contributed by atoms with E-state index in [2.05, 4.69) is 105 Å². The third kappa shape index (κ3) is 20.3. The highest BCUT2D eigenvalue weighted by Crippen LogP contribution is 2.36. The molecular formula is C46H70N4O7. The number of hydrogen-bond acceptors (Lipinski definition) is 9. The molecule has 0 aromatic heterocycles. The Morgan fingerprint density at radius 2 is 1.40 bits per heavy atom. The number of carbonyl (C=O) groups is 4. The zero-order valence-corrected chi connectivity index (χ0v) is 35.6. The summed E-state index contributed by atoms with van der Waals surface area (Å²) in [5.74, 6) is -0.218. The fourth-order valence-corrected chi connectivity index (χ4v) is 5.80. The van der Waals surface area contributed by atoms with Crippen LogP contribution in [-0.4, -0.2) is 74.5 Å². The first kappa shape index (κ1) is 55.9. The van der Waals surface area contributed by atoms with Crippen LogP contribution in [0.1, 0.15) is 95.4 Å². The molecule has 0 aliphatic carbocycles. The van der Waals surface area contributed by atoms with E-state index in [-0.39, 0.29) is 31.0 Å². The Morgan fingerprint density at radius 3 is 1.89 bits per heavy atom. The van der Waals surface area contributed by atoms with Crippen molar-refractivity contribution in [1.29, 1.82) is 0 Å². The zero-order chi connectivity index (χ0) is 44.2. The molecule has 0 saturated heterocycles. The molecule has 3 aromatic rings. The number of ether oxygens (including phenoxy) is 1. The average molecular weight is 791 g/mol. The second kappa shape index (κ2) is 35.0. The lowest BCUT2D eigenvalue weighted by Crippen LogP contribution is -2.51. The average Bonchev–Trinajstić information content (AvgIpc) is 3.27. The SMILES string of the molecule is C#C.C=C.C=O.C=O.CC.CCCCC(CCCC)(CN(c1ccccc1)c1cc(C)c(OCC(=O)NC(C(=O)NCCCO)c2ccc(O)cc2)cc1C)NC. The van der Waals surface area contributed by atoms with E-state index in [0.29, 0.717) is 17.7 Å². The number of amides is 2. The Morgan fingerprint density at radius 1 is 0.860 bits per heavy atom. The van der Waals surface area contributed by atoms with E-state index < -0.39 is 17.9 Å². The van der Waals surface area contributed by atoms with Gasteiger partial charge >= 0.3 is 0 Å². The lowest BCUT2D eigenvalue weighted by atomic mass is 9.86. The normalized spacial score (nSPS) is 10.2. The molecule has 0 fully saturated rings. The molecule has 11 heteroatoms. The first-order chi connectivity index (χ1) is 27.7. The number of nitrogens with one attached hydrogen (secondary N) is 3. The predicted molar refractivity (Wildman–Crippen MR) is 236 cm³/mol. The van der Waals surface area contributed by atoms with Crippen LogP contribution in [0.5, 0.6) is 11.5 Å². The van der Waals surface area contributed by atoms with Crippen molar-refractivity contribution in [3.63, 3.8) is 0 Å². The molecule has 11 nitrogen and oxygen atoms in total. The van der Waals surface area contributed by atoms with Crippen molar-refractivity contribution in [2.75, 3.05) is 38.3 Å². The van der Waals surface area contributed by atoms with E-state index in [4.69, 9.17) is 19.4 Å². The Bertz CT molecular complexity index is 1490. The number of aliphatic hydroxyl groups excluding tert-OH is 1. The molecule has 0 heterocycles. The third-order valence-corrected chi connectivity index (χ3v) is 8.65. The number of phenolic OH excluding ortho intramolecular Hbond substituents is 1. The summed E-state index contributed by atoms with van der Waals surface area (Å²) in [5, 5.41) is 28.0. The molecule has 0 radical (unpaired) electrons. The minimum absolute atomic E-state index is 0.0477. The molecule has 0 aliphatic heterocycles. The van der Waals surface area contributed by atoms with Crippen LogP contribution in [0.4, 0.5) is 11.4 Å². The van der Waals surface area contributed by atoms with E-state index in [1.54, 1.807) is 12.1 Å². The molecule has 5 N–H and O–H groups in total. The summed E-state index contributed by atoms with van der Waals surface area (Å²) in [4.78, 5) is 44.4. The van der Waals surface area contributed by atoms with Gasteiger partial charge < -0.3 is 45.4 Å². The van der Waals surface area contributed by atoms with Gasteiger partial charge in [-0.15, -0.1) is 26.0 Å².